The highest BCUT2D eigenvalue weighted by atomic mass is 32.2. The summed E-state index contributed by atoms with van der Waals surface area (Å²) in [6.07, 6.45) is 2.30. The summed E-state index contributed by atoms with van der Waals surface area (Å²) in [6.45, 7) is 0.0339. The number of nitrogens with two attached hydrogens (primary N) is 1. The van der Waals surface area contributed by atoms with E-state index >= 15 is 0 Å². The van der Waals surface area contributed by atoms with E-state index in [1.807, 2.05) is 0 Å². The molecule has 0 aliphatic heterocycles. The van der Waals surface area contributed by atoms with Crippen molar-refractivity contribution in [2.24, 2.45) is 5.73 Å². The van der Waals surface area contributed by atoms with Crippen molar-refractivity contribution >= 4 is 38.8 Å². The third-order valence-electron chi connectivity index (χ3n) is 4.01. The molecule has 2 aromatic carbocycles. The summed E-state index contributed by atoms with van der Waals surface area (Å²) in [5.41, 5.74) is 7.01. The highest BCUT2D eigenvalue weighted by Crippen LogP contribution is 2.24. The van der Waals surface area contributed by atoms with E-state index in [1.54, 1.807) is 24.3 Å². The molecule has 0 radical (unpaired) electrons. The topological polar surface area (TPSA) is 126 Å². The minimum absolute atomic E-state index is 0.0339. The van der Waals surface area contributed by atoms with Gasteiger partial charge in [-0.2, -0.15) is 0 Å². The van der Waals surface area contributed by atoms with Crippen LogP contribution in [0.2, 0.25) is 0 Å². The zero-order chi connectivity index (χ0) is 22.6. The zero-order valence-electron chi connectivity index (χ0n) is 16.3. The average Bonchev–Trinajstić information content (AvgIpc) is 2.64. The number of primary amides is 1. The molecule has 3 aromatic rings. The largest absolute Gasteiger partial charge is 0.380 e. The summed E-state index contributed by atoms with van der Waals surface area (Å²) >= 11 is 0. The van der Waals surface area contributed by atoms with Crippen molar-refractivity contribution in [2.75, 3.05) is 21.6 Å². The first kappa shape index (κ1) is 22.0. The number of nitrogens with zero attached hydrogens (tertiary/aromatic N) is 1. The first-order chi connectivity index (χ1) is 14.6. The van der Waals surface area contributed by atoms with Crippen LogP contribution < -0.4 is 21.1 Å². The number of halogens is 2. The monoisotopic (exact) mass is 447 g/mol. The Kier molecular flexibility index (Phi) is 6.35. The maximum atomic E-state index is 13.4. The Morgan fingerprint density at radius 1 is 1.06 bits per heavy atom. The third-order valence-corrected chi connectivity index (χ3v) is 4.62. The van der Waals surface area contributed by atoms with Gasteiger partial charge in [0, 0.05) is 30.6 Å². The molecule has 0 saturated carbocycles. The number of anilines is 4. The number of pyridine rings is 1. The van der Waals surface area contributed by atoms with Crippen molar-refractivity contribution in [1.29, 1.82) is 0 Å². The van der Waals surface area contributed by atoms with E-state index in [9.17, 15) is 22.0 Å². The van der Waals surface area contributed by atoms with E-state index < -0.39 is 27.6 Å². The number of hydrogen-bond donors (Lipinski definition) is 4. The number of rotatable bonds is 8. The molecule has 0 aliphatic rings. The van der Waals surface area contributed by atoms with Crippen LogP contribution in [0.15, 0.2) is 54.7 Å². The Balaban J connectivity index is 1.83. The molecule has 0 fully saturated rings. The molecule has 0 unspecified atom stereocenters. The van der Waals surface area contributed by atoms with Gasteiger partial charge in [-0.3, -0.25) is 9.52 Å². The molecule has 1 heterocycles. The molecule has 5 N–H and O–H groups in total. The van der Waals surface area contributed by atoms with Crippen molar-refractivity contribution < 1.29 is 22.0 Å². The van der Waals surface area contributed by atoms with E-state index in [0.717, 1.165) is 12.3 Å². The first-order valence-corrected chi connectivity index (χ1v) is 10.8. The lowest BCUT2D eigenvalue weighted by molar-refractivity contribution is 0.100. The van der Waals surface area contributed by atoms with Gasteiger partial charge in [0.1, 0.15) is 17.5 Å². The lowest BCUT2D eigenvalue weighted by Crippen LogP contribution is -2.15. The van der Waals surface area contributed by atoms with Crippen LogP contribution in [0.3, 0.4) is 0 Å². The predicted molar refractivity (Wildman–Crippen MR) is 115 cm³/mol. The van der Waals surface area contributed by atoms with Gasteiger partial charge in [-0.05, 0) is 35.9 Å². The Bertz CT molecular complexity index is 1210. The molecule has 0 atom stereocenters. The van der Waals surface area contributed by atoms with Crippen LogP contribution >= 0.6 is 0 Å². The van der Waals surface area contributed by atoms with E-state index in [1.165, 1.54) is 24.4 Å². The highest BCUT2D eigenvalue weighted by molar-refractivity contribution is 7.92. The number of carbonyl (C=O) groups is 1. The second-order valence-corrected chi connectivity index (χ2v) is 8.44. The van der Waals surface area contributed by atoms with Crippen LogP contribution in [-0.4, -0.2) is 25.6 Å². The van der Waals surface area contributed by atoms with Gasteiger partial charge in [-0.25, -0.2) is 22.2 Å². The second kappa shape index (κ2) is 8.96. The van der Waals surface area contributed by atoms with Crippen LogP contribution in [0, 0.1) is 11.6 Å². The number of nitrogens with one attached hydrogen (secondary N) is 3. The molecule has 1 amide bonds. The van der Waals surface area contributed by atoms with Gasteiger partial charge in [0.25, 0.3) is 5.91 Å². The number of sulfonamides is 1. The minimum Gasteiger partial charge on any atom is -0.380 e. The molecule has 0 bridgehead atoms. The molecule has 31 heavy (non-hydrogen) atoms. The third kappa shape index (κ3) is 6.37. The Hall–Kier alpha value is -3.73. The molecular formula is C20H19F2N5O3S. The number of hydrogen-bond acceptors (Lipinski definition) is 6. The van der Waals surface area contributed by atoms with Crippen LogP contribution in [0.1, 0.15) is 15.9 Å². The van der Waals surface area contributed by atoms with Crippen molar-refractivity contribution in [3.8, 4) is 0 Å². The molecular weight excluding hydrogens is 428 g/mol. The van der Waals surface area contributed by atoms with E-state index in [-0.39, 0.29) is 12.1 Å². The minimum atomic E-state index is -3.44. The van der Waals surface area contributed by atoms with Crippen LogP contribution in [0.25, 0.3) is 0 Å². The normalized spacial score (nSPS) is 11.1. The smallest absolute Gasteiger partial charge is 0.252 e. The second-order valence-electron chi connectivity index (χ2n) is 6.69. The highest BCUT2D eigenvalue weighted by Gasteiger charge is 2.12. The van der Waals surface area contributed by atoms with Gasteiger partial charge in [0.2, 0.25) is 10.0 Å². The van der Waals surface area contributed by atoms with Crippen LogP contribution in [0.4, 0.5) is 31.7 Å². The zero-order valence-corrected chi connectivity index (χ0v) is 17.1. The molecule has 11 heteroatoms. The molecule has 8 nitrogen and oxygen atoms in total. The van der Waals surface area contributed by atoms with Crippen molar-refractivity contribution in [1.82, 2.24) is 4.98 Å². The maximum Gasteiger partial charge on any atom is 0.252 e. The van der Waals surface area contributed by atoms with Gasteiger partial charge in [-0.1, -0.05) is 6.07 Å². The van der Waals surface area contributed by atoms with Crippen molar-refractivity contribution in [3.05, 3.63) is 77.5 Å². The molecule has 0 aliphatic carbocycles. The Labute approximate surface area is 177 Å². The maximum absolute atomic E-state index is 13.4. The van der Waals surface area contributed by atoms with Crippen molar-refractivity contribution in [3.63, 3.8) is 0 Å². The van der Waals surface area contributed by atoms with E-state index in [2.05, 4.69) is 20.3 Å². The fraction of sp³-hybridized carbons (Fsp3) is 0.100. The number of benzene rings is 2. The number of amides is 1. The summed E-state index contributed by atoms with van der Waals surface area (Å²) in [5, 5.41) is 5.92. The molecule has 162 valence electrons. The summed E-state index contributed by atoms with van der Waals surface area (Å²) in [6, 6.07) is 11.1. The van der Waals surface area contributed by atoms with Crippen molar-refractivity contribution in [2.45, 2.75) is 6.54 Å². The first-order valence-electron chi connectivity index (χ1n) is 8.92. The fourth-order valence-corrected chi connectivity index (χ4v) is 3.35. The Morgan fingerprint density at radius 3 is 2.39 bits per heavy atom. The Morgan fingerprint density at radius 2 is 1.74 bits per heavy atom. The van der Waals surface area contributed by atoms with Gasteiger partial charge in [-0.15, -0.1) is 0 Å². The van der Waals surface area contributed by atoms with Gasteiger partial charge in [0.15, 0.2) is 0 Å². The molecule has 1 aromatic heterocycles. The molecule has 0 saturated heterocycles. The lowest BCUT2D eigenvalue weighted by Gasteiger charge is -2.13. The summed E-state index contributed by atoms with van der Waals surface area (Å²) in [4.78, 5) is 15.9. The standard InChI is InChI=1S/C20H19F2N5O3S/c1-31(29,30)27-16-4-2-3-15(8-16)26-19-9-18(17(11-25-19)20(23)28)24-10-12-5-13(21)7-14(22)6-12/h2-9,11,27H,10H2,1H3,(H2,23,28)(H2,24,25,26). The van der Waals surface area contributed by atoms with Crippen LogP contribution in [0.5, 0.6) is 0 Å². The molecule has 0 spiro atoms. The number of aromatic nitrogens is 1. The number of carbonyl (C=O) groups excluding carboxylic acids is 1. The summed E-state index contributed by atoms with van der Waals surface area (Å²) < 4.78 is 52.0. The van der Waals surface area contributed by atoms with Crippen LogP contribution in [-0.2, 0) is 16.6 Å². The predicted octanol–water partition coefficient (Wildman–Crippen LogP) is 3.19. The van der Waals surface area contributed by atoms with E-state index in [0.29, 0.717) is 28.4 Å². The van der Waals surface area contributed by atoms with Gasteiger partial charge in [0.05, 0.1) is 23.2 Å². The molecule has 3 rings (SSSR count). The SMILES string of the molecule is CS(=O)(=O)Nc1cccc(Nc2cc(NCc3cc(F)cc(F)c3)c(C(N)=O)cn2)c1. The van der Waals surface area contributed by atoms with Gasteiger partial charge >= 0.3 is 0 Å². The average molecular weight is 447 g/mol. The quantitative estimate of drug-likeness (QED) is 0.420. The summed E-state index contributed by atoms with van der Waals surface area (Å²) in [5.74, 6) is -1.83. The summed E-state index contributed by atoms with van der Waals surface area (Å²) in [7, 11) is -3.44. The van der Waals surface area contributed by atoms with Gasteiger partial charge < -0.3 is 16.4 Å². The lowest BCUT2D eigenvalue weighted by atomic mass is 10.1. The van der Waals surface area contributed by atoms with E-state index in [4.69, 9.17) is 5.73 Å². The fourth-order valence-electron chi connectivity index (χ4n) is 2.80.